The Morgan fingerprint density at radius 3 is 2.11 bits per heavy atom. The van der Waals surface area contributed by atoms with Gasteiger partial charge in [0.1, 0.15) is 11.2 Å². The predicted molar refractivity (Wildman–Crippen MR) is 65.5 cm³/mol. The van der Waals surface area contributed by atoms with E-state index in [9.17, 15) is 23.1 Å². The van der Waals surface area contributed by atoms with Gasteiger partial charge in [0.05, 0.1) is 12.5 Å². The standard InChI is InChI=1S/C13H19F3O3/c1-6-19-11(18)9(4)12(10(5)17,7-8(2)3)13(14,15)16/h9,17H,2,5-7H2,1,3-4H3/t9-,12-/m0/s1. The molecule has 0 unspecified atom stereocenters. The van der Waals surface area contributed by atoms with Crippen LogP contribution in [0.3, 0.4) is 0 Å². The minimum absolute atomic E-state index is 0.0396. The Kier molecular flexibility index (Phi) is 5.65. The summed E-state index contributed by atoms with van der Waals surface area (Å²) >= 11 is 0. The van der Waals surface area contributed by atoms with Gasteiger partial charge in [0, 0.05) is 0 Å². The lowest BCUT2D eigenvalue weighted by Crippen LogP contribution is -2.48. The molecule has 1 N–H and O–H groups in total. The monoisotopic (exact) mass is 280 g/mol. The van der Waals surface area contributed by atoms with Crippen molar-refractivity contribution in [3.8, 4) is 0 Å². The summed E-state index contributed by atoms with van der Waals surface area (Å²) in [5, 5.41) is 9.47. The maximum absolute atomic E-state index is 13.4. The summed E-state index contributed by atoms with van der Waals surface area (Å²) in [6.07, 6.45) is -5.46. The summed E-state index contributed by atoms with van der Waals surface area (Å²) in [5.74, 6) is -3.75. The summed E-state index contributed by atoms with van der Waals surface area (Å²) in [7, 11) is 0. The molecule has 0 aromatic heterocycles. The second-order valence-electron chi connectivity index (χ2n) is 4.52. The summed E-state index contributed by atoms with van der Waals surface area (Å²) in [4.78, 5) is 11.6. The molecule has 0 aliphatic rings. The molecule has 0 aromatic rings. The van der Waals surface area contributed by atoms with Gasteiger partial charge in [-0.1, -0.05) is 19.1 Å². The van der Waals surface area contributed by atoms with Crippen LogP contribution in [0.15, 0.2) is 24.5 Å². The average molecular weight is 280 g/mol. The van der Waals surface area contributed by atoms with Gasteiger partial charge in [-0.2, -0.15) is 13.2 Å². The number of carbonyl (C=O) groups excluding carboxylic acids is 1. The van der Waals surface area contributed by atoms with Crippen LogP contribution in [0.2, 0.25) is 0 Å². The first-order valence-corrected chi connectivity index (χ1v) is 5.76. The number of aliphatic hydroxyl groups is 1. The average Bonchev–Trinajstić information content (AvgIpc) is 2.22. The quantitative estimate of drug-likeness (QED) is 0.457. The van der Waals surface area contributed by atoms with E-state index in [4.69, 9.17) is 0 Å². The van der Waals surface area contributed by atoms with Gasteiger partial charge in [-0.05, 0) is 20.3 Å². The molecule has 2 atom stereocenters. The normalized spacial score (nSPS) is 16.3. The Morgan fingerprint density at radius 1 is 1.37 bits per heavy atom. The number of halogens is 3. The summed E-state index contributed by atoms with van der Waals surface area (Å²) in [6, 6.07) is 0. The maximum Gasteiger partial charge on any atom is 0.402 e. The fourth-order valence-electron chi connectivity index (χ4n) is 1.96. The van der Waals surface area contributed by atoms with Gasteiger partial charge in [0.25, 0.3) is 0 Å². The van der Waals surface area contributed by atoms with Crippen LogP contribution in [0, 0.1) is 11.3 Å². The van der Waals surface area contributed by atoms with Crippen molar-refractivity contribution in [2.24, 2.45) is 11.3 Å². The first-order valence-electron chi connectivity index (χ1n) is 5.76. The fraction of sp³-hybridized carbons (Fsp3) is 0.615. The Morgan fingerprint density at radius 2 is 1.84 bits per heavy atom. The summed E-state index contributed by atoms with van der Waals surface area (Å²) in [5.41, 5.74) is -2.59. The minimum atomic E-state index is -4.84. The molecule has 0 amide bonds. The van der Waals surface area contributed by atoms with Crippen molar-refractivity contribution < 1.29 is 27.8 Å². The van der Waals surface area contributed by atoms with E-state index in [2.05, 4.69) is 17.9 Å². The molecule has 6 heteroatoms. The van der Waals surface area contributed by atoms with Crippen LogP contribution in [-0.4, -0.2) is 23.9 Å². The lowest BCUT2D eigenvalue weighted by molar-refractivity contribution is -0.238. The number of ether oxygens (including phenoxy) is 1. The molecule has 0 fully saturated rings. The Labute approximate surface area is 110 Å². The van der Waals surface area contributed by atoms with Crippen LogP contribution in [0.1, 0.15) is 27.2 Å². The molecule has 0 aliphatic heterocycles. The van der Waals surface area contributed by atoms with E-state index < -0.39 is 35.7 Å². The number of esters is 1. The molecule has 0 rings (SSSR count). The zero-order valence-corrected chi connectivity index (χ0v) is 11.3. The summed E-state index contributed by atoms with van der Waals surface area (Å²) < 4.78 is 44.7. The number of aliphatic hydroxyl groups excluding tert-OH is 1. The minimum Gasteiger partial charge on any atom is -0.512 e. The molecular formula is C13H19F3O3. The van der Waals surface area contributed by atoms with E-state index in [0.717, 1.165) is 6.92 Å². The van der Waals surface area contributed by atoms with E-state index in [1.54, 1.807) is 0 Å². The van der Waals surface area contributed by atoms with Gasteiger partial charge in [0.15, 0.2) is 0 Å². The first kappa shape index (κ1) is 17.5. The third kappa shape index (κ3) is 3.52. The second kappa shape index (κ2) is 6.12. The molecule has 0 spiro atoms. The van der Waals surface area contributed by atoms with Crippen LogP contribution < -0.4 is 0 Å². The highest BCUT2D eigenvalue weighted by Gasteiger charge is 2.62. The number of hydrogen-bond acceptors (Lipinski definition) is 3. The molecule has 0 aliphatic carbocycles. The lowest BCUT2D eigenvalue weighted by atomic mass is 9.70. The maximum atomic E-state index is 13.4. The summed E-state index contributed by atoms with van der Waals surface area (Å²) in [6.45, 7) is 10.3. The van der Waals surface area contributed by atoms with Crippen molar-refractivity contribution in [3.63, 3.8) is 0 Å². The highest BCUT2D eigenvalue weighted by atomic mass is 19.4. The van der Waals surface area contributed by atoms with Crippen molar-refractivity contribution >= 4 is 5.97 Å². The van der Waals surface area contributed by atoms with Crippen LogP contribution in [0.5, 0.6) is 0 Å². The van der Waals surface area contributed by atoms with Crippen molar-refractivity contribution in [1.29, 1.82) is 0 Å². The number of hydrogen-bond donors (Lipinski definition) is 1. The highest BCUT2D eigenvalue weighted by Crippen LogP contribution is 2.52. The largest absolute Gasteiger partial charge is 0.512 e. The number of alkyl halides is 3. The Bertz CT molecular complexity index is 374. The van der Waals surface area contributed by atoms with Crippen molar-refractivity contribution in [1.82, 2.24) is 0 Å². The Balaban J connectivity index is 5.78. The van der Waals surface area contributed by atoms with E-state index >= 15 is 0 Å². The smallest absolute Gasteiger partial charge is 0.402 e. The molecule has 0 aromatic carbocycles. The van der Waals surface area contributed by atoms with Crippen LogP contribution in [-0.2, 0) is 9.53 Å². The van der Waals surface area contributed by atoms with Gasteiger partial charge < -0.3 is 9.84 Å². The van der Waals surface area contributed by atoms with Gasteiger partial charge in [-0.3, -0.25) is 4.79 Å². The van der Waals surface area contributed by atoms with Crippen LogP contribution in [0.25, 0.3) is 0 Å². The molecular weight excluding hydrogens is 261 g/mol. The highest BCUT2D eigenvalue weighted by molar-refractivity contribution is 5.74. The number of allylic oxidation sites excluding steroid dienone is 2. The van der Waals surface area contributed by atoms with Gasteiger partial charge in [0.2, 0.25) is 0 Å². The zero-order valence-electron chi connectivity index (χ0n) is 11.3. The van der Waals surface area contributed by atoms with E-state index in [-0.39, 0.29) is 12.2 Å². The topological polar surface area (TPSA) is 46.5 Å². The van der Waals surface area contributed by atoms with E-state index in [0.29, 0.717) is 0 Å². The molecule has 110 valence electrons. The zero-order chi connectivity index (χ0) is 15.4. The molecule has 0 heterocycles. The predicted octanol–water partition coefficient (Wildman–Crippen LogP) is 3.77. The van der Waals surface area contributed by atoms with Crippen molar-refractivity contribution in [3.05, 3.63) is 24.5 Å². The lowest BCUT2D eigenvalue weighted by Gasteiger charge is -2.38. The number of rotatable bonds is 6. The third-order valence-corrected chi connectivity index (χ3v) is 2.98. The molecule has 0 bridgehead atoms. The Hall–Kier alpha value is -1.46. The molecule has 0 radical (unpaired) electrons. The molecule has 0 saturated heterocycles. The van der Waals surface area contributed by atoms with Crippen LogP contribution >= 0.6 is 0 Å². The van der Waals surface area contributed by atoms with Crippen molar-refractivity contribution in [2.45, 2.75) is 33.4 Å². The van der Waals surface area contributed by atoms with Crippen molar-refractivity contribution in [2.75, 3.05) is 6.61 Å². The SMILES string of the molecule is C=C(C)C[C@@](C(=C)O)([C@@H](C)C(=O)OCC)C(F)(F)F. The fourth-order valence-corrected chi connectivity index (χ4v) is 1.96. The van der Waals surface area contributed by atoms with Gasteiger partial charge >= 0.3 is 12.1 Å². The first-order chi connectivity index (χ1) is 8.50. The number of carbonyl (C=O) groups is 1. The van der Waals surface area contributed by atoms with Crippen LogP contribution in [0.4, 0.5) is 13.2 Å². The van der Waals surface area contributed by atoms with E-state index in [1.165, 1.54) is 13.8 Å². The van der Waals surface area contributed by atoms with Gasteiger partial charge in [-0.15, -0.1) is 6.58 Å². The molecule has 3 nitrogen and oxygen atoms in total. The molecule has 19 heavy (non-hydrogen) atoms. The van der Waals surface area contributed by atoms with Gasteiger partial charge in [-0.25, -0.2) is 0 Å². The third-order valence-electron chi connectivity index (χ3n) is 2.98. The van der Waals surface area contributed by atoms with E-state index in [1.807, 2.05) is 0 Å². The molecule has 0 saturated carbocycles. The second-order valence-corrected chi connectivity index (χ2v) is 4.52.